The monoisotopic (exact) mass is 451 g/mol. The SMILES string of the molecule is COc1ccc(CC(=O)Nc2nnc(SCc3cccc4ccccc34)s2)cc1OC. The van der Waals surface area contributed by atoms with Crippen LogP contribution in [0.5, 0.6) is 11.5 Å². The quantitative estimate of drug-likeness (QED) is 0.294. The molecule has 1 N–H and O–H groups in total. The molecule has 0 saturated carbocycles. The summed E-state index contributed by atoms with van der Waals surface area (Å²) >= 11 is 2.99. The number of carbonyl (C=O) groups excluding carboxylic acids is 1. The second kappa shape index (κ2) is 9.80. The van der Waals surface area contributed by atoms with Gasteiger partial charge in [0, 0.05) is 5.75 Å². The number of rotatable bonds is 8. The number of anilines is 1. The number of hydrogen-bond acceptors (Lipinski definition) is 7. The maximum atomic E-state index is 12.4. The first kappa shape index (κ1) is 21.1. The summed E-state index contributed by atoms with van der Waals surface area (Å²) in [4.78, 5) is 12.4. The van der Waals surface area contributed by atoms with Gasteiger partial charge in [0.05, 0.1) is 20.6 Å². The molecule has 3 aromatic carbocycles. The van der Waals surface area contributed by atoms with Gasteiger partial charge in [0.25, 0.3) is 0 Å². The summed E-state index contributed by atoms with van der Waals surface area (Å²) in [6.45, 7) is 0. The minimum atomic E-state index is -0.158. The summed E-state index contributed by atoms with van der Waals surface area (Å²) < 4.78 is 11.3. The van der Waals surface area contributed by atoms with E-state index in [9.17, 15) is 4.79 Å². The fourth-order valence-electron chi connectivity index (χ4n) is 3.22. The first-order valence-electron chi connectivity index (χ1n) is 9.60. The van der Waals surface area contributed by atoms with Gasteiger partial charge < -0.3 is 14.8 Å². The zero-order valence-electron chi connectivity index (χ0n) is 17.1. The van der Waals surface area contributed by atoms with E-state index in [-0.39, 0.29) is 12.3 Å². The molecule has 4 rings (SSSR count). The highest BCUT2D eigenvalue weighted by atomic mass is 32.2. The lowest BCUT2D eigenvalue weighted by Gasteiger charge is -2.09. The molecular weight excluding hydrogens is 430 g/mol. The number of carbonyl (C=O) groups is 1. The highest BCUT2D eigenvalue weighted by Gasteiger charge is 2.12. The number of thioether (sulfide) groups is 1. The van der Waals surface area contributed by atoms with Crippen LogP contribution in [-0.4, -0.2) is 30.3 Å². The van der Waals surface area contributed by atoms with Gasteiger partial charge in [-0.15, -0.1) is 10.2 Å². The van der Waals surface area contributed by atoms with Crippen molar-refractivity contribution in [3.05, 3.63) is 71.8 Å². The molecule has 0 radical (unpaired) electrons. The fraction of sp³-hybridized carbons (Fsp3) is 0.174. The van der Waals surface area contributed by atoms with E-state index in [1.165, 1.54) is 27.7 Å². The lowest BCUT2D eigenvalue weighted by Crippen LogP contribution is -2.14. The summed E-state index contributed by atoms with van der Waals surface area (Å²) in [6.07, 6.45) is 0.207. The number of hydrogen-bond donors (Lipinski definition) is 1. The van der Waals surface area contributed by atoms with Crippen molar-refractivity contribution in [2.45, 2.75) is 16.5 Å². The average molecular weight is 452 g/mol. The third kappa shape index (κ3) is 5.15. The van der Waals surface area contributed by atoms with Crippen LogP contribution >= 0.6 is 23.1 Å². The number of amides is 1. The average Bonchev–Trinajstić information content (AvgIpc) is 3.24. The van der Waals surface area contributed by atoms with Gasteiger partial charge in [-0.3, -0.25) is 4.79 Å². The van der Waals surface area contributed by atoms with Gasteiger partial charge in [-0.1, -0.05) is 71.6 Å². The predicted octanol–water partition coefficient (Wildman–Crippen LogP) is 5.18. The van der Waals surface area contributed by atoms with Gasteiger partial charge in [0.15, 0.2) is 15.8 Å². The molecule has 4 aromatic rings. The van der Waals surface area contributed by atoms with Crippen molar-refractivity contribution in [2.75, 3.05) is 19.5 Å². The minimum Gasteiger partial charge on any atom is -0.493 e. The second-order valence-electron chi connectivity index (χ2n) is 6.71. The fourth-order valence-corrected chi connectivity index (χ4v) is 4.99. The van der Waals surface area contributed by atoms with Crippen molar-refractivity contribution in [1.82, 2.24) is 10.2 Å². The number of benzene rings is 3. The standard InChI is InChI=1S/C23H21N3O3S2/c1-28-19-11-10-15(12-20(19)29-2)13-21(27)24-22-25-26-23(31-22)30-14-17-8-5-7-16-6-3-4-9-18(16)17/h3-12H,13-14H2,1-2H3,(H,24,25,27). The Morgan fingerprint density at radius 2 is 1.81 bits per heavy atom. The Balaban J connectivity index is 1.36. The Labute approximate surface area is 188 Å². The van der Waals surface area contributed by atoms with E-state index in [2.05, 4.69) is 45.8 Å². The molecule has 0 fully saturated rings. The number of fused-ring (bicyclic) bond motifs is 1. The van der Waals surface area contributed by atoms with Crippen LogP contribution in [0.3, 0.4) is 0 Å². The van der Waals surface area contributed by atoms with Crippen LogP contribution in [0.15, 0.2) is 65.0 Å². The summed E-state index contributed by atoms with van der Waals surface area (Å²) in [5.41, 5.74) is 2.07. The molecule has 0 aliphatic heterocycles. The lowest BCUT2D eigenvalue weighted by molar-refractivity contribution is -0.115. The molecule has 0 atom stereocenters. The molecule has 8 heteroatoms. The number of nitrogens with one attached hydrogen (secondary N) is 1. The Kier molecular flexibility index (Phi) is 6.69. The van der Waals surface area contributed by atoms with E-state index in [1.54, 1.807) is 38.1 Å². The third-order valence-electron chi connectivity index (χ3n) is 4.70. The van der Waals surface area contributed by atoms with Crippen LogP contribution in [-0.2, 0) is 17.0 Å². The van der Waals surface area contributed by atoms with Crippen molar-refractivity contribution < 1.29 is 14.3 Å². The highest BCUT2D eigenvalue weighted by Crippen LogP contribution is 2.31. The Bertz CT molecular complexity index is 1200. The molecule has 0 bridgehead atoms. The number of nitrogens with zero attached hydrogens (tertiary/aromatic N) is 2. The minimum absolute atomic E-state index is 0.158. The molecule has 1 amide bonds. The Hall–Kier alpha value is -3.10. The van der Waals surface area contributed by atoms with Crippen LogP contribution < -0.4 is 14.8 Å². The van der Waals surface area contributed by atoms with Crippen LogP contribution in [0.2, 0.25) is 0 Å². The molecule has 1 heterocycles. The molecule has 0 saturated heterocycles. The van der Waals surface area contributed by atoms with E-state index in [1.807, 2.05) is 18.2 Å². The van der Waals surface area contributed by atoms with E-state index in [0.29, 0.717) is 16.6 Å². The number of ether oxygens (including phenoxy) is 2. The number of methoxy groups -OCH3 is 2. The summed E-state index contributed by atoms with van der Waals surface area (Å²) in [5, 5.41) is 14.1. The molecule has 1 aromatic heterocycles. The largest absolute Gasteiger partial charge is 0.493 e. The van der Waals surface area contributed by atoms with Crippen LogP contribution in [0.1, 0.15) is 11.1 Å². The van der Waals surface area contributed by atoms with E-state index in [4.69, 9.17) is 9.47 Å². The Morgan fingerprint density at radius 3 is 2.65 bits per heavy atom. The lowest BCUT2D eigenvalue weighted by atomic mass is 10.1. The van der Waals surface area contributed by atoms with Crippen molar-refractivity contribution >= 4 is 44.9 Å². The van der Waals surface area contributed by atoms with Crippen molar-refractivity contribution in [1.29, 1.82) is 0 Å². The van der Waals surface area contributed by atoms with Crippen molar-refractivity contribution in [2.24, 2.45) is 0 Å². The summed E-state index contributed by atoms with van der Waals surface area (Å²) in [7, 11) is 3.15. The smallest absolute Gasteiger partial charge is 0.230 e. The maximum absolute atomic E-state index is 12.4. The van der Waals surface area contributed by atoms with Gasteiger partial charge in [-0.2, -0.15) is 0 Å². The van der Waals surface area contributed by atoms with E-state index >= 15 is 0 Å². The zero-order valence-corrected chi connectivity index (χ0v) is 18.8. The third-order valence-corrected chi connectivity index (χ3v) is 6.72. The van der Waals surface area contributed by atoms with Crippen molar-refractivity contribution in [3.63, 3.8) is 0 Å². The molecule has 0 spiro atoms. The molecular formula is C23H21N3O3S2. The molecule has 31 heavy (non-hydrogen) atoms. The van der Waals surface area contributed by atoms with Gasteiger partial charge >= 0.3 is 0 Å². The maximum Gasteiger partial charge on any atom is 0.230 e. The molecule has 0 unspecified atom stereocenters. The molecule has 0 aliphatic rings. The van der Waals surface area contributed by atoms with Gasteiger partial charge in [0.1, 0.15) is 0 Å². The summed E-state index contributed by atoms with van der Waals surface area (Å²) in [6, 6.07) is 20.1. The molecule has 158 valence electrons. The van der Waals surface area contributed by atoms with Gasteiger partial charge in [-0.25, -0.2) is 0 Å². The van der Waals surface area contributed by atoms with E-state index in [0.717, 1.165) is 15.7 Å². The highest BCUT2D eigenvalue weighted by molar-refractivity contribution is 8.00. The first-order chi connectivity index (χ1) is 15.2. The van der Waals surface area contributed by atoms with Gasteiger partial charge in [0.2, 0.25) is 11.0 Å². The molecule has 6 nitrogen and oxygen atoms in total. The zero-order chi connectivity index (χ0) is 21.6. The normalized spacial score (nSPS) is 10.8. The topological polar surface area (TPSA) is 73.3 Å². The summed E-state index contributed by atoms with van der Waals surface area (Å²) in [5.74, 6) is 1.85. The second-order valence-corrected chi connectivity index (χ2v) is 8.91. The van der Waals surface area contributed by atoms with Crippen LogP contribution in [0, 0.1) is 0 Å². The number of aromatic nitrogens is 2. The van der Waals surface area contributed by atoms with E-state index < -0.39 is 0 Å². The predicted molar refractivity (Wildman–Crippen MR) is 125 cm³/mol. The Morgan fingerprint density at radius 1 is 1.00 bits per heavy atom. The molecule has 0 aliphatic carbocycles. The van der Waals surface area contributed by atoms with Crippen LogP contribution in [0.25, 0.3) is 10.8 Å². The van der Waals surface area contributed by atoms with Gasteiger partial charge in [-0.05, 0) is 34.0 Å². The van der Waals surface area contributed by atoms with Crippen molar-refractivity contribution in [3.8, 4) is 11.5 Å². The van der Waals surface area contributed by atoms with Crippen LogP contribution in [0.4, 0.5) is 5.13 Å². The first-order valence-corrected chi connectivity index (χ1v) is 11.4.